The Morgan fingerprint density at radius 3 is 2.35 bits per heavy atom. The maximum Gasteiger partial charge on any atom is 0.419 e. The van der Waals surface area contributed by atoms with Crippen LogP contribution in [-0.4, -0.2) is 18.5 Å². The van der Waals surface area contributed by atoms with Crippen LogP contribution >= 0.6 is 11.6 Å². The highest BCUT2D eigenvalue weighted by molar-refractivity contribution is 6.34. The number of carbonyl (C=O) groups excluding carboxylic acids is 2. The van der Waals surface area contributed by atoms with Crippen molar-refractivity contribution in [2.75, 3.05) is 11.9 Å². The van der Waals surface area contributed by atoms with E-state index in [2.05, 4.69) is 5.32 Å². The van der Waals surface area contributed by atoms with Gasteiger partial charge in [-0.1, -0.05) is 11.6 Å². The Bertz CT molecular complexity index is 852. The zero-order chi connectivity index (χ0) is 19.5. The van der Waals surface area contributed by atoms with Crippen molar-refractivity contribution in [3.05, 3.63) is 63.9 Å². The molecule has 0 radical (unpaired) electrons. The Balaban J connectivity index is 2.24. The van der Waals surface area contributed by atoms with Gasteiger partial charge in [-0.3, -0.25) is 4.79 Å². The van der Waals surface area contributed by atoms with E-state index in [0.29, 0.717) is 12.1 Å². The summed E-state index contributed by atoms with van der Waals surface area (Å²) in [5.74, 6) is -3.01. The number of rotatable bonds is 4. The highest BCUT2D eigenvalue weighted by Crippen LogP contribution is 2.32. The van der Waals surface area contributed by atoms with Crippen molar-refractivity contribution in [1.82, 2.24) is 0 Å². The summed E-state index contributed by atoms with van der Waals surface area (Å²) in [6.45, 7) is 1.80. The van der Waals surface area contributed by atoms with Crippen LogP contribution in [0.4, 0.5) is 23.2 Å². The van der Waals surface area contributed by atoms with Crippen LogP contribution in [0.5, 0.6) is 0 Å². The molecule has 2 aromatic rings. The number of hydrogen-bond acceptors (Lipinski definition) is 3. The zero-order valence-electron chi connectivity index (χ0n) is 13.3. The number of anilines is 1. The molecule has 2 rings (SSSR count). The molecule has 0 fully saturated rings. The van der Waals surface area contributed by atoms with Crippen molar-refractivity contribution >= 4 is 29.2 Å². The SMILES string of the molecule is CCOC(=O)c1ccc(NC(=O)c2ccc(F)c(C(F)(F)F)c2)c(Cl)c1. The van der Waals surface area contributed by atoms with Gasteiger partial charge in [-0.25, -0.2) is 9.18 Å². The van der Waals surface area contributed by atoms with Crippen LogP contribution in [0.3, 0.4) is 0 Å². The fourth-order valence-electron chi connectivity index (χ4n) is 2.04. The van der Waals surface area contributed by atoms with Crippen molar-refractivity contribution in [1.29, 1.82) is 0 Å². The summed E-state index contributed by atoms with van der Waals surface area (Å²) in [6, 6.07) is 5.78. The number of benzene rings is 2. The number of halogens is 5. The Morgan fingerprint density at radius 1 is 1.12 bits per heavy atom. The highest BCUT2D eigenvalue weighted by atomic mass is 35.5. The summed E-state index contributed by atoms with van der Waals surface area (Å²) < 4.78 is 56.3. The normalized spacial score (nSPS) is 11.2. The molecule has 1 amide bonds. The monoisotopic (exact) mass is 389 g/mol. The Kier molecular flexibility index (Phi) is 5.86. The topological polar surface area (TPSA) is 55.4 Å². The van der Waals surface area contributed by atoms with Gasteiger partial charge in [0.05, 0.1) is 28.4 Å². The van der Waals surface area contributed by atoms with E-state index in [-0.39, 0.29) is 22.9 Å². The third kappa shape index (κ3) is 4.51. The van der Waals surface area contributed by atoms with Crippen molar-refractivity contribution < 1.29 is 31.9 Å². The van der Waals surface area contributed by atoms with Gasteiger partial charge in [-0.05, 0) is 43.3 Å². The molecule has 2 aromatic carbocycles. The first kappa shape index (κ1) is 19.7. The van der Waals surface area contributed by atoms with Gasteiger partial charge < -0.3 is 10.1 Å². The summed E-state index contributed by atoms with van der Waals surface area (Å²) in [5, 5.41) is 2.30. The maximum absolute atomic E-state index is 13.3. The molecule has 0 saturated carbocycles. The van der Waals surface area contributed by atoms with E-state index in [1.807, 2.05) is 0 Å². The van der Waals surface area contributed by atoms with E-state index in [1.165, 1.54) is 18.2 Å². The van der Waals surface area contributed by atoms with Crippen LogP contribution in [0.2, 0.25) is 5.02 Å². The molecule has 0 aromatic heterocycles. The van der Waals surface area contributed by atoms with Gasteiger partial charge in [0.1, 0.15) is 5.82 Å². The van der Waals surface area contributed by atoms with Gasteiger partial charge in [0, 0.05) is 5.56 Å². The minimum Gasteiger partial charge on any atom is -0.462 e. The smallest absolute Gasteiger partial charge is 0.419 e. The third-order valence-electron chi connectivity index (χ3n) is 3.26. The van der Waals surface area contributed by atoms with Gasteiger partial charge >= 0.3 is 12.1 Å². The van der Waals surface area contributed by atoms with Crippen molar-refractivity contribution in [3.63, 3.8) is 0 Å². The highest BCUT2D eigenvalue weighted by Gasteiger charge is 2.34. The summed E-state index contributed by atoms with van der Waals surface area (Å²) >= 11 is 5.97. The lowest BCUT2D eigenvalue weighted by molar-refractivity contribution is -0.140. The molecule has 0 aliphatic carbocycles. The van der Waals surface area contributed by atoms with Crippen molar-refractivity contribution in [3.8, 4) is 0 Å². The van der Waals surface area contributed by atoms with Crippen LogP contribution in [0.15, 0.2) is 36.4 Å². The number of hydrogen-bond donors (Lipinski definition) is 1. The summed E-state index contributed by atoms with van der Waals surface area (Å²) in [6.07, 6.45) is -4.93. The average Bonchev–Trinajstić information content (AvgIpc) is 2.56. The third-order valence-corrected chi connectivity index (χ3v) is 3.58. The second kappa shape index (κ2) is 7.74. The first-order valence-corrected chi connectivity index (χ1v) is 7.66. The van der Waals surface area contributed by atoms with Crippen LogP contribution in [0.25, 0.3) is 0 Å². The van der Waals surface area contributed by atoms with Crippen LogP contribution in [0.1, 0.15) is 33.2 Å². The largest absolute Gasteiger partial charge is 0.462 e. The number of ether oxygens (including phenoxy) is 1. The lowest BCUT2D eigenvalue weighted by Gasteiger charge is -2.11. The van der Waals surface area contributed by atoms with E-state index >= 15 is 0 Å². The first-order valence-electron chi connectivity index (χ1n) is 7.28. The first-order chi connectivity index (χ1) is 12.1. The van der Waals surface area contributed by atoms with E-state index in [4.69, 9.17) is 16.3 Å². The van der Waals surface area contributed by atoms with E-state index < -0.39 is 35.0 Å². The Labute approximate surface area is 150 Å². The zero-order valence-corrected chi connectivity index (χ0v) is 14.0. The van der Waals surface area contributed by atoms with Gasteiger partial charge in [-0.2, -0.15) is 13.2 Å². The fourth-order valence-corrected chi connectivity index (χ4v) is 2.26. The Hall–Kier alpha value is -2.61. The molecular weight excluding hydrogens is 378 g/mol. The molecule has 0 spiro atoms. The molecule has 9 heteroatoms. The predicted octanol–water partition coefficient (Wildman–Crippen LogP) is 4.93. The molecule has 0 aliphatic heterocycles. The second-order valence-electron chi connectivity index (χ2n) is 5.06. The van der Waals surface area contributed by atoms with Crippen molar-refractivity contribution in [2.45, 2.75) is 13.1 Å². The number of nitrogens with one attached hydrogen (secondary N) is 1. The van der Waals surface area contributed by atoms with E-state index in [9.17, 15) is 27.2 Å². The standard InChI is InChI=1S/C17H12ClF4NO3/c1-2-26-16(25)10-4-6-14(12(18)8-10)23-15(24)9-3-5-13(19)11(7-9)17(20,21)22/h3-8H,2H2,1H3,(H,23,24). The molecule has 4 nitrogen and oxygen atoms in total. The number of carbonyl (C=O) groups is 2. The van der Waals surface area contributed by atoms with Crippen LogP contribution < -0.4 is 5.32 Å². The number of amides is 1. The molecule has 0 atom stereocenters. The molecular formula is C17H12ClF4NO3. The number of esters is 1. The molecule has 0 unspecified atom stereocenters. The molecule has 26 heavy (non-hydrogen) atoms. The van der Waals surface area contributed by atoms with Gasteiger partial charge in [-0.15, -0.1) is 0 Å². The van der Waals surface area contributed by atoms with Crippen LogP contribution in [-0.2, 0) is 10.9 Å². The summed E-state index contributed by atoms with van der Waals surface area (Å²) in [4.78, 5) is 23.7. The molecule has 0 bridgehead atoms. The average molecular weight is 390 g/mol. The van der Waals surface area contributed by atoms with Crippen LogP contribution in [0, 0.1) is 5.82 Å². The number of alkyl halides is 3. The molecule has 0 saturated heterocycles. The predicted molar refractivity (Wildman–Crippen MR) is 86.8 cm³/mol. The minimum atomic E-state index is -4.93. The lowest BCUT2D eigenvalue weighted by Crippen LogP contribution is -2.15. The summed E-state index contributed by atoms with van der Waals surface area (Å²) in [7, 11) is 0. The van der Waals surface area contributed by atoms with Crippen molar-refractivity contribution in [2.24, 2.45) is 0 Å². The molecule has 0 heterocycles. The maximum atomic E-state index is 13.3. The molecule has 138 valence electrons. The quantitative estimate of drug-likeness (QED) is 0.596. The van der Waals surface area contributed by atoms with E-state index in [1.54, 1.807) is 6.92 Å². The van der Waals surface area contributed by atoms with Gasteiger partial charge in [0.25, 0.3) is 5.91 Å². The fraction of sp³-hybridized carbons (Fsp3) is 0.176. The summed E-state index contributed by atoms with van der Waals surface area (Å²) in [5.41, 5.74) is -1.73. The minimum absolute atomic E-state index is 0.0120. The molecule has 1 N–H and O–H groups in total. The lowest BCUT2D eigenvalue weighted by atomic mass is 10.1. The second-order valence-corrected chi connectivity index (χ2v) is 5.47. The van der Waals surface area contributed by atoms with E-state index in [0.717, 1.165) is 6.07 Å². The molecule has 0 aliphatic rings. The Morgan fingerprint density at radius 2 is 1.77 bits per heavy atom. The van der Waals surface area contributed by atoms with Gasteiger partial charge in [0.2, 0.25) is 0 Å². The van der Waals surface area contributed by atoms with Gasteiger partial charge in [0.15, 0.2) is 0 Å².